The van der Waals surface area contributed by atoms with Crippen LogP contribution in [0.4, 0.5) is 10.1 Å². The number of carbonyl (C=O) groups is 1. The summed E-state index contributed by atoms with van der Waals surface area (Å²) < 4.78 is 14.8. The summed E-state index contributed by atoms with van der Waals surface area (Å²) in [5.74, 6) is -0.585. The molecule has 2 heterocycles. The lowest BCUT2D eigenvalue weighted by Crippen LogP contribution is -2.13. The van der Waals surface area contributed by atoms with E-state index in [0.29, 0.717) is 27.5 Å². The second kappa shape index (κ2) is 8.00. The number of carbonyl (C=O) groups excluding carboxylic acids is 1. The van der Waals surface area contributed by atoms with Crippen molar-refractivity contribution in [2.45, 2.75) is 0 Å². The number of anilines is 1. The molecule has 2 aromatic heterocycles. The highest BCUT2D eigenvalue weighted by molar-refractivity contribution is 9.10. The smallest absolute Gasteiger partial charge is 0.257 e. The van der Waals surface area contributed by atoms with E-state index in [1.807, 2.05) is 23.6 Å². The second-order valence-corrected chi connectivity index (χ2v) is 7.68. The first kappa shape index (κ1) is 18.5. The van der Waals surface area contributed by atoms with Gasteiger partial charge in [0.25, 0.3) is 5.91 Å². The number of pyridine rings is 1. The summed E-state index contributed by atoms with van der Waals surface area (Å²) in [6.07, 6.45) is 3.12. The van der Waals surface area contributed by atoms with Crippen molar-refractivity contribution in [3.8, 4) is 21.8 Å². The Kier molecular flexibility index (Phi) is 5.27. The lowest BCUT2D eigenvalue weighted by atomic mass is 10.1. The molecule has 0 aliphatic rings. The molecule has 4 rings (SSSR count). The molecule has 0 radical (unpaired) electrons. The molecule has 7 heteroatoms. The highest BCUT2D eigenvalue weighted by Gasteiger charge is 2.15. The third-order valence-corrected chi connectivity index (χ3v) is 5.34. The molecule has 0 bridgehead atoms. The van der Waals surface area contributed by atoms with Crippen molar-refractivity contribution in [1.29, 1.82) is 0 Å². The molecule has 0 saturated heterocycles. The van der Waals surface area contributed by atoms with Crippen LogP contribution >= 0.6 is 27.3 Å². The van der Waals surface area contributed by atoms with Gasteiger partial charge in [-0.3, -0.25) is 9.78 Å². The van der Waals surface area contributed by atoms with E-state index in [-0.39, 0.29) is 11.7 Å². The number of thiazole rings is 1. The van der Waals surface area contributed by atoms with Crippen molar-refractivity contribution in [3.63, 3.8) is 0 Å². The number of rotatable bonds is 4. The van der Waals surface area contributed by atoms with Gasteiger partial charge in [0, 0.05) is 33.4 Å². The maximum atomic E-state index is 14.1. The zero-order valence-electron chi connectivity index (χ0n) is 14.4. The normalized spacial score (nSPS) is 10.6. The Balaban J connectivity index is 1.66. The van der Waals surface area contributed by atoms with Crippen LogP contribution in [0.1, 0.15) is 10.4 Å². The first-order valence-electron chi connectivity index (χ1n) is 8.33. The van der Waals surface area contributed by atoms with Crippen molar-refractivity contribution >= 4 is 38.9 Å². The standard InChI is InChI=1S/C21H13BrFN3OS/c22-14-9-13(10-24-11-14)20(27)25-18-8-4-2-6-16(18)19-12-28-21(26-19)15-5-1-3-7-17(15)23/h1-12H,(H,25,27). The van der Waals surface area contributed by atoms with Gasteiger partial charge in [0.15, 0.2) is 0 Å². The Morgan fingerprint density at radius 2 is 1.79 bits per heavy atom. The van der Waals surface area contributed by atoms with Crippen LogP contribution in [-0.2, 0) is 0 Å². The molecule has 28 heavy (non-hydrogen) atoms. The zero-order chi connectivity index (χ0) is 19.5. The molecule has 0 unspecified atom stereocenters. The summed E-state index contributed by atoms with van der Waals surface area (Å²) >= 11 is 4.67. The van der Waals surface area contributed by atoms with E-state index in [0.717, 1.165) is 10.0 Å². The Labute approximate surface area is 173 Å². The van der Waals surface area contributed by atoms with E-state index in [1.165, 1.54) is 23.6 Å². The molecule has 0 saturated carbocycles. The molecule has 0 fully saturated rings. The van der Waals surface area contributed by atoms with Crippen molar-refractivity contribution in [2.24, 2.45) is 0 Å². The van der Waals surface area contributed by atoms with Crippen molar-refractivity contribution in [3.05, 3.63) is 88.2 Å². The van der Waals surface area contributed by atoms with Crippen LogP contribution < -0.4 is 5.32 Å². The van der Waals surface area contributed by atoms with Gasteiger partial charge >= 0.3 is 0 Å². The van der Waals surface area contributed by atoms with Crippen molar-refractivity contribution in [2.75, 3.05) is 5.32 Å². The summed E-state index contributed by atoms with van der Waals surface area (Å²) in [4.78, 5) is 21.2. The van der Waals surface area contributed by atoms with E-state index in [1.54, 1.807) is 36.5 Å². The molecular weight excluding hydrogens is 441 g/mol. The number of halogens is 2. The molecule has 4 nitrogen and oxygen atoms in total. The molecule has 0 spiro atoms. The average Bonchev–Trinajstić information content (AvgIpc) is 3.18. The molecule has 0 aliphatic carbocycles. The van der Waals surface area contributed by atoms with E-state index in [2.05, 4.69) is 31.2 Å². The fourth-order valence-corrected chi connectivity index (χ4v) is 3.91. The zero-order valence-corrected chi connectivity index (χ0v) is 16.8. The number of hydrogen-bond donors (Lipinski definition) is 1. The maximum absolute atomic E-state index is 14.1. The molecule has 0 atom stereocenters. The number of nitrogens with zero attached hydrogens (tertiary/aromatic N) is 2. The van der Waals surface area contributed by atoms with Crippen LogP contribution in [0.3, 0.4) is 0 Å². The number of aromatic nitrogens is 2. The van der Waals surface area contributed by atoms with Crippen molar-refractivity contribution in [1.82, 2.24) is 9.97 Å². The van der Waals surface area contributed by atoms with Gasteiger partial charge in [0.05, 0.1) is 16.9 Å². The first-order valence-corrected chi connectivity index (χ1v) is 10.0. The number of amides is 1. The number of nitrogens with one attached hydrogen (secondary N) is 1. The SMILES string of the molecule is O=C(Nc1ccccc1-c1csc(-c2ccccc2F)n1)c1cncc(Br)c1. The Hall–Kier alpha value is -2.90. The van der Waals surface area contributed by atoms with Gasteiger partial charge in [-0.05, 0) is 40.2 Å². The van der Waals surface area contributed by atoms with E-state index in [4.69, 9.17) is 0 Å². The molecule has 138 valence electrons. The summed E-state index contributed by atoms with van der Waals surface area (Å²) in [6.45, 7) is 0. The van der Waals surface area contributed by atoms with Crippen LogP contribution in [0.5, 0.6) is 0 Å². The van der Waals surface area contributed by atoms with Gasteiger partial charge in [-0.1, -0.05) is 30.3 Å². The van der Waals surface area contributed by atoms with Crippen molar-refractivity contribution < 1.29 is 9.18 Å². The third kappa shape index (κ3) is 3.85. The first-order chi connectivity index (χ1) is 13.6. The summed E-state index contributed by atoms with van der Waals surface area (Å²) in [7, 11) is 0. The minimum atomic E-state index is -0.313. The predicted octanol–water partition coefficient (Wildman–Crippen LogP) is 6.03. The van der Waals surface area contributed by atoms with Gasteiger partial charge in [-0.2, -0.15) is 0 Å². The lowest BCUT2D eigenvalue weighted by Gasteiger charge is -2.09. The van der Waals surface area contributed by atoms with Gasteiger partial charge < -0.3 is 5.32 Å². The molecule has 1 amide bonds. The Morgan fingerprint density at radius 1 is 1.04 bits per heavy atom. The van der Waals surface area contributed by atoms with E-state index in [9.17, 15) is 9.18 Å². The van der Waals surface area contributed by atoms with E-state index >= 15 is 0 Å². The molecular formula is C21H13BrFN3OS. The number of benzene rings is 2. The molecule has 1 N–H and O–H groups in total. The van der Waals surface area contributed by atoms with Crippen LogP contribution in [0.25, 0.3) is 21.8 Å². The Bertz CT molecular complexity index is 1160. The highest BCUT2D eigenvalue weighted by Crippen LogP contribution is 2.33. The largest absolute Gasteiger partial charge is 0.321 e. The van der Waals surface area contributed by atoms with Crippen LogP contribution in [0.15, 0.2) is 76.8 Å². The molecule has 4 aromatic rings. The summed E-state index contributed by atoms with van der Waals surface area (Å²) in [6, 6.07) is 15.6. The van der Waals surface area contributed by atoms with Gasteiger partial charge in [0.2, 0.25) is 0 Å². The second-order valence-electron chi connectivity index (χ2n) is 5.91. The van der Waals surface area contributed by atoms with Gasteiger partial charge in [-0.25, -0.2) is 9.37 Å². The number of para-hydroxylation sites is 1. The Morgan fingerprint density at radius 3 is 2.57 bits per heavy atom. The minimum Gasteiger partial charge on any atom is -0.321 e. The van der Waals surface area contributed by atoms with Crippen LogP contribution in [0, 0.1) is 5.82 Å². The van der Waals surface area contributed by atoms with Crippen LogP contribution in [0.2, 0.25) is 0 Å². The van der Waals surface area contributed by atoms with E-state index < -0.39 is 0 Å². The predicted molar refractivity (Wildman–Crippen MR) is 113 cm³/mol. The molecule has 0 aliphatic heterocycles. The molecule has 2 aromatic carbocycles. The number of hydrogen-bond acceptors (Lipinski definition) is 4. The summed E-state index contributed by atoms with van der Waals surface area (Å²) in [5, 5.41) is 5.35. The minimum absolute atomic E-state index is 0.272. The van der Waals surface area contributed by atoms with Gasteiger partial charge in [-0.15, -0.1) is 11.3 Å². The summed E-state index contributed by atoms with van der Waals surface area (Å²) in [5.41, 5.74) is 2.96. The average molecular weight is 454 g/mol. The lowest BCUT2D eigenvalue weighted by molar-refractivity contribution is 0.102. The van der Waals surface area contributed by atoms with Crippen LogP contribution in [-0.4, -0.2) is 15.9 Å². The monoisotopic (exact) mass is 453 g/mol. The van der Waals surface area contributed by atoms with Gasteiger partial charge in [0.1, 0.15) is 10.8 Å². The topological polar surface area (TPSA) is 54.9 Å². The third-order valence-electron chi connectivity index (χ3n) is 4.03. The fourth-order valence-electron chi connectivity index (χ4n) is 2.70. The quantitative estimate of drug-likeness (QED) is 0.410. The highest BCUT2D eigenvalue weighted by atomic mass is 79.9. The maximum Gasteiger partial charge on any atom is 0.257 e. The fraction of sp³-hybridized carbons (Fsp3) is 0.